The van der Waals surface area contributed by atoms with E-state index in [9.17, 15) is 0 Å². The first-order valence-electron chi connectivity index (χ1n) is 4.69. The molecule has 14 heavy (non-hydrogen) atoms. The predicted octanol–water partition coefficient (Wildman–Crippen LogP) is 2.06. The lowest BCUT2D eigenvalue weighted by molar-refractivity contribution is 1.01. The van der Waals surface area contributed by atoms with Crippen LogP contribution in [0.3, 0.4) is 0 Å². The highest BCUT2D eigenvalue weighted by molar-refractivity contribution is 5.71. The zero-order valence-corrected chi connectivity index (χ0v) is 8.94. The second kappa shape index (κ2) is 4.60. The molecule has 2 aromatic heterocycles. The summed E-state index contributed by atoms with van der Waals surface area (Å²) in [5.74, 6) is 0. The number of aromatic nitrogens is 4. The Hall–Kier alpha value is -1.58. The lowest BCUT2D eigenvalue weighted by Gasteiger charge is -1.99. The lowest BCUT2D eigenvalue weighted by atomic mass is 10.3. The Labute approximate surface area is 83.4 Å². The van der Waals surface area contributed by atoms with E-state index in [1.165, 1.54) is 0 Å². The van der Waals surface area contributed by atoms with Gasteiger partial charge in [0.25, 0.3) is 0 Å². The lowest BCUT2D eigenvalue weighted by Crippen LogP contribution is -1.94. The van der Waals surface area contributed by atoms with Gasteiger partial charge < -0.3 is 0 Å². The summed E-state index contributed by atoms with van der Waals surface area (Å²) in [4.78, 5) is 8.62. The minimum Gasteiger partial charge on any atom is -0.248 e. The summed E-state index contributed by atoms with van der Waals surface area (Å²) < 4.78 is 0. The molecule has 0 bridgehead atoms. The Morgan fingerprint density at radius 1 is 0.786 bits per heavy atom. The van der Waals surface area contributed by atoms with Crippen molar-refractivity contribution in [2.45, 2.75) is 27.7 Å². The molecule has 2 aromatic rings. The highest BCUT2D eigenvalue weighted by Gasteiger charge is 1.99. The first-order valence-corrected chi connectivity index (χ1v) is 4.69. The van der Waals surface area contributed by atoms with Crippen molar-refractivity contribution < 1.29 is 0 Å². The Morgan fingerprint density at radius 2 is 1.14 bits per heavy atom. The minimum atomic E-state index is 0.799. The fourth-order valence-corrected chi connectivity index (χ4v) is 1.00. The molecule has 0 aliphatic carbocycles. The largest absolute Gasteiger partial charge is 0.248 e. The van der Waals surface area contributed by atoms with Crippen molar-refractivity contribution in [2.75, 3.05) is 0 Å². The summed E-state index contributed by atoms with van der Waals surface area (Å²) in [5.41, 5.74) is 3.48. The Morgan fingerprint density at radius 3 is 1.50 bits per heavy atom. The summed E-state index contributed by atoms with van der Waals surface area (Å²) in [5, 5.41) is 7.46. The van der Waals surface area contributed by atoms with Crippen molar-refractivity contribution >= 4 is 11.0 Å². The van der Waals surface area contributed by atoms with Gasteiger partial charge in [-0.2, -0.15) is 10.2 Å². The zero-order valence-electron chi connectivity index (χ0n) is 8.94. The third kappa shape index (κ3) is 2.02. The van der Waals surface area contributed by atoms with E-state index in [-0.39, 0.29) is 0 Å². The van der Waals surface area contributed by atoms with Gasteiger partial charge in [-0.05, 0) is 13.8 Å². The average molecular weight is 190 g/mol. The van der Waals surface area contributed by atoms with E-state index < -0.39 is 0 Å². The number of fused-ring (bicyclic) bond motifs is 1. The highest BCUT2D eigenvalue weighted by atomic mass is 15.1. The van der Waals surface area contributed by atoms with Crippen LogP contribution in [0.2, 0.25) is 0 Å². The summed E-state index contributed by atoms with van der Waals surface area (Å²) in [7, 11) is 0. The molecule has 0 fully saturated rings. The molecule has 0 amide bonds. The fraction of sp³-hybridized carbons (Fsp3) is 0.400. The van der Waals surface area contributed by atoms with Crippen LogP contribution < -0.4 is 0 Å². The van der Waals surface area contributed by atoms with Crippen molar-refractivity contribution in [1.82, 2.24) is 20.2 Å². The van der Waals surface area contributed by atoms with Crippen LogP contribution in [0.1, 0.15) is 25.2 Å². The molecule has 0 radical (unpaired) electrons. The molecule has 0 aliphatic heterocycles. The van der Waals surface area contributed by atoms with Crippen LogP contribution in [-0.2, 0) is 0 Å². The summed E-state index contributed by atoms with van der Waals surface area (Å²) in [6.45, 7) is 7.87. The molecule has 0 aromatic carbocycles. The Balaban J connectivity index is 0.000000461. The first-order chi connectivity index (χ1) is 6.77. The van der Waals surface area contributed by atoms with Gasteiger partial charge in [-0.25, -0.2) is 9.97 Å². The molecular weight excluding hydrogens is 176 g/mol. The molecule has 0 saturated heterocycles. The normalized spacial score (nSPS) is 9.43. The number of hydrogen-bond donors (Lipinski definition) is 0. The maximum atomic E-state index is 4.31. The van der Waals surface area contributed by atoms with Crippen LogP contribution in [-0.4, -0.2) is 20.2 Å². The number of hydrogen-bond acceptors (Lipinski definition) is 4. The maximum absolute atomic E-state index is 4.31. The average Bonchev–Trinajstić information content (AvgIpc) is 2.23. The number of nitrogens with zero attached hydrogens (tertiary/aromatic N) is 4. The topological polar surface area (TPSA) is 51.6 Å². The van der Waals surface area contributed by atoms with Gasteiger partial charge in [0.2, 0.25) is 0 Å². The first kappa shape index (κ1) is 10.5. The van der Waals surface area contributed by atoms with Crippen LogP contribution in [0.15, 0.2) is 12.4 Å². The second-order valence-electron chi connectivity index (χ2n) is 2.65. The van der Waals surface area contributed by atoms with Crippen LogP contribution in [0.4, 0.5) is 0 Å². The van der Waals surface area contributed by atoms with Crippen LogP contribution >= 0.6 is 0 Å². The Kier molecular flexibility index (Phi) is 3.45. The molecule has 0 N–H and O–H groups in total. The summed E-state index contributed by atoms with van der Waals surface area (Å²) >= 11 is 0. The maximum Gasteiger partial charge on any atom is 0.111 e. The molecule has 0 saturated carbocycles. The minimum absolute atomic E-state index is 0.799. The van der Waals surface area contributed by atoms with Crippen LogP contribution in [0.25, 0.3) is 11.0 Å². The molecular formula is C10H14N4. The molecule has 2 rings (SSSR count). The number of rotatable bonds is 0. The van der Waals surface area contributed by atoms with Gasteiger partial charge in [0.05, 0.1) is 23.8 Å². The fourth-order valence-electron chi connectivity index (χ4n) is 1.00. The van der Waals surface area contributed by atoms with Gasteiger partial charge in [0.1, 0.15) is 11.0 Å². The van der Waals surface area contributed by atoms with Gasteiger partial charge in [-0.3, -0.25) is 0 Å². The van der Waals surface area contributed by atoms with E-state index in [0.29, 0.717) is 0 Å². The van der Waals surface area contributed by atoms with Gasteiger partial charge >= 0.3 is 0 Å². The van der Waals surface area contributed by atoms with Crippen molar-refractivity contribution in [3.05, 3.63) is 23.8 Å². The second-order valence-corrected chi connectivity index (χ2v) is 2.65. The van der Waals surface area contributed by atoms with E-state index in [1.54, 1.807) is 12.4 Å². The SMILES string of the molecule is CC.Cc1nc2cnncc2nc1C. The van der Waals surface area contributed by atoms with E-state index in [1.807, 2.05) is 27.7 Å². The third-order valence-corrected chi connectivity index (χ3v) is 1.79. The quantitative estimate of drug-likeness (QED) is 0.638. The van der Waals surface area contributed by atoms with Crippen molar-refractivity contribution in [1.29, 1.82) is 0 Å². The van der Waals surface area contributed by atoms with Gasteiger partial charge in [-0.15, -0.1) is 0 Å². The predicted molar refractivity (Wildman–Crippen MR) is 56.0 cm³/mol. The molecule has 2 heterocycles. The van der Waals surface area contributed by atoms with E-state index >= 15 is 0 Å². The number of aryl methyl sites for hydroxylation is 2. The van der Waals surface area contributed by atoms with Gasteiger partial charge in [0.15, 0.2) is 0 Å². The third-order valence-electron chi connectivity index (χ3n) is 1.79. The molecule has 0 atom stereocenters. The van der Waals surface area contributed by atoms with E-state index in [2.05, 4.69) is 20.2 Å². The van der Waals surface area contributed by atoms with E-state index in [4.69, 9.17) is 0 Å². The summed E-state index contributed by atoms with van der Waals surface area (Å²) in [6, 6.07) is 0. The monoisotopic (exact) mass is 190 g/mol. The molecule has 0 unspecified atom stereocenters. The molecule has 4 nitrogen and oxygen atoms in total. The van der Waals surface area contributed by atoms with Gasteiger partial charge in [-0.1, -0.05) is 13.8 Å². The highest BCUT2D eigenvalue weighted by Crippen LogP contribution is 2.08. The van der Waals surface area contributed by atoms with E-state index in [0.717, 1.165) is 22.4 Å². The molecule has 4 heteroatoms. The van der Waals surface area contributed by atoms with Crippen molar-refractivity contribution in [2.24, 2.45) is 0 Å². The van der Waals surface area contributed by atoms with Crippen LogP contribution in [0.5, 0.6) is 0 Å². The standard InChI is InChI=1S/C8H8N4.C2H6/c1-5-6(2)12-8-4-10-9-3-7(8)11-5;1-2/h3-4H,1-2H3;1-2H3. The van der Waals surface area contributed by atoms with Gasteiger partial charge in [0, 0.05) is 0 Å². The summed E-state index contributed by atoms with van der Waals surface area (Å²) in [6.07, 6.45) is 3.24. The van der Waals surface area contributed by atoms with Crippen LogP contribution in [0, 0.1) is 13.8 Å². The smallest absolute Gasteiger partial charge is 0.111 e. The molecule has 0 aliphatic rings. The Bertz CT molecular complexity index is 385. The molecule has 0 spiro atoms. The van der Waals surface area contributed by atoms with Crippen molar-refractivity contribution in [3.8, 4) is 0 Å². The molecule has 74 valence electrons. The zero-order chi connectivity index (χ0) is 10.6. The van der Waals surface area contributed by atoms with Crippen molar-refractivity contribution in [3.63, 3.8) is 0 Å².